The molecule has 3 aromatic carbocycles. The highest BCUT2D eigenvalue weighted by Crippen LogP contribution is 2.17. The summed E-state index contributed by atoms with van der Waals surface area (Å²) in [5.74, 6) is 0.910. The molecule has 1 atom stereocenters. The van der Waals surface area contributed by atoms with Crippen LogP contribution in [0, 0.1) is 0 Å². The second-order valence-electron chi connectivity index (χ2n) is 6.09. The Bertz CT molecular complexity index is 800. The predicted molar refractivity (Wildman–Crippen MR) is 100 cm³/mol. The van der Waals surface area contributed by atoms with Gasteiger partial charge in [-0.2, -0.15) is 0 Å². The van der Waals surface area contributed by atoms with Crippen LogP contribution in [0.5, 0.6) is 5.75 Å². The highest BCUT2D eigenvalue weighted by molar-refractivity contribution is 5.82. The van der Waals surface area contributed by atoms with Crippen LogP contribution in [0.3, 0.4) is 0 Å². The Morgan fingerprint density at radius 2 is 1.71 bits per heavy atom. The van der Waals surface area contributed by atoms with E-state index in [1.54, 1.807) is 7.11 Å². The Labute approximate surface area is 143 Å². The summed E-state index contributed by atoms with van der Waals surface area (Å²) in [6, 6.07) is 23.1. The Kier molecular flexibility index (Phi) is 5.47. The number of rotatable bonds is 7. The van der Waals surface area contributed by atoms with E-state index in [2.05, 4.69) is 53.8 Å². The maximum Gasteiger partial charge on any atom is 0.123 e. The van der Waals surface area contributed by atoms with Crippen molar-refractivity contribution < 1.29 is 4.74 Å². The van der Waals surface area contributed by atoms with Gasteiger partial charge in [0.1, 0.15) is 5.75 Å². The summed E-state index contributed by atoms with van der Waals surface area (Å²) >= 11 is 0. The normalized spacial score (nSPS) is 12.2. The van der Waals surface area contributed by atoms with Gasteiger partial charge in [-0.3, -0.25) is 0 Å². The van der Waals surface area contributed by atoms with Crippen molar-refractivity contribution in [2.45, 2.75) is 19.0 Å². The maximum atomic E-state index is 6.29. The number of fused-ring (bicyclic) bond motifs is 1. The second kappa shape index (κ2) is 7.95. The smallest absolute Gasteiger partial charge is 0.123 e. The van der Waals surface area contributed by atoms with E-state index in [0.29, 0.717) is 0 Å². The minimum Gasteiger partial charge on any atom is -0.496 e. The van der Waals surface area contributed by atoms with Crippen molar-refractivity contribution in [3.8, 4) is 5.75 Å². The average Bonchev–Trinajstić information content (AvgIpc) is 2.62. The fourth-order valence-corrected chi connectivity index (χ4v) is 2.98. The lowest BCUT2D eigenvalue weighted by Gasteiger charge is -2.14. The fourth-order valence-electron chi connectivity index (χ4n) is 2.98. The molecule has 0 amide bonds. The lowest BCUT2D eigenvalue weighted by atomic mass is 10.0. The van der Waals surface area contributed by atoms with Gasteiger partial charge in [-0.1, -0.05) is 60.7 Å². The molecule has 0 spiro atoms. The summed E-state index contributed by atoms with van der Waals surface area (Å²) in [5, 5.41) is 5.96. The van der Waals surface area contributed by atoms with E-state index in [9.17, 15) is 0 Å². The van der Waals surface area contributed by atoms with Crippen molar-refractivity contribution >= 4 is 10.8 Å². The van der Waals surface area contributed by atoms with Gasteiger partial charge in [0.15, 0.2) is 0 Å². The minimum absolute atomic E-state index is 0.0841. The monoisotopic (exact) mass is 320 g/mol. The molecule has 0 saturated carbocycles. The van der Waals surface area contributed by atoms with Crippen LogP contribution in [-0.2, 0) is 13.0 Å². The fraction of sp³-hybridized carbons (Fsp3) is 0.238. The molecule has 0 heterocycles. The molecule has 0 aliphatic rings. The van der Waals surface area contributed by atoms with Crippen molar-refractivity contribution in [3.05, 3.63) is 77.9 Å². The first-order valence-electron chi connectivity index (χ1n) is 8.32. The Hall–Kier alpha value is -2.36. The van der Waals surface area contributed by atoms with Gasteiger partial charge in [-0.25, -0.2) is 0 Å². The van der Waals surface area contributed by atoms with Crippen LogP contribution >= 0.6 is 0 Å². The molecule has 3 aromatic rings. The molecule has 24 heavy (non-hydrogen) atoms. The molecule has 3 rings (SSSR count). The first-order valence-corrected chi connectivity index (χ1v) is 8.32. The zero-order valence-corrected chi connectivity index (χ0v) is 14.0. The molecule has 0 fully saturated rings. The van der Waals surface area contributed by atoms with Crippen molar-refractivity contribution in [2.24, 2.45) is 5.73 Å². The zero-order valence-electron chi connectivity index (χ0n) is 14.0. The summed E-state index contributed by atoms with van der Waals surface area (Å²) in [5.41, 5.74) is 8.72. The summed E-state index contributed by atoms with van der Waals surface area (Å²) in [6.07, 6.45) is 0.865. The van der Waals surface area contributed by atoms with Crippen molar-refractivity contribution in [1.29, 1.82) is 0 Å². The van der Waals surface area contributed by atoms with Crippen LogP contribution < -0.4 is 15.8 Å². The highest BCUT2D eigenvalue weighted by atomic mass is 16.5. The lowest BCUT2D eigenvalue weighted by Crippen LogP contribution is -2.35. The number of ether oxygens (including phenoxy) is 1. The molecule has 0 aromatic heterocycles. The number of hydrogen-bond acceptors (Lipinski definition) is 3. The molecule has 1 unspecified atom stereocenters. The van der Waals surface area contributed by atoms with E-state index in [-0.39, 0.29) is 6.04 Å². The molecule has 124 valence electrons. The van der Waals surface area contributed by atoms with Gasteiger partial charge in [-0.15, -0.1) is 0 Å². The van der Waals surface area contributed by atoms with Gasteiger partial charge in [-0.05, 0) is 28.8 Å². The molecule has 3 N–H and O–H groups in total. The molecular formula is C21H24N2O. The van der Waals surface area contributed by atoms with Gasteiger partial charge < -0.3 is 15.8 Å². The van der Waals surface area contributed by atoms with E-state index < -0.39 is 0 Å². The van der Waals surface area contributed by atoms with Crippen LogP contribution in [0.15, 0.2) is 66.7 Å². The van der Waals surface area contributed by atoms with Gasteiger partial charge in [0.05, 0.1) is 7.11 Å². The van der Waals surface area contributed by atoms with Crippen molar-refractivity contribution in [2.75, 3.05) is 13.7 Å². The topological polar surface area (TPSA) is 47.3 Å². The van der Waals surface area contributed by atoms with Crippen LogP contribution in [0.2, 0.25) is 0 Å². The third-order valence-electron chi connectivity index (χ3n) is 4.23. The molecule has 0 aliphatic carbocycles. The van der Waals surface area contributed by atoms with E-state index in [1.807, 2.05) is 18.2 Å². The Morgan fingerprint density at radius 1 is 0.958 bits per heavy atom. The minimum atomic E-state index is 0.0841. The highest BCUT2D eigenvalue weighted by Gasteiger charge is 2.06. The number of benzene rings is 3. The third kappa shape index (κ3) is 4.13. The average molecular weight is 320 g/mol. The SMILES string of the molecule is COc1ccccc1CNCC(N)Cc1ccc2ccccc2c1. The van der Waals surface area contributed by atoms with Crippen molar-refractivity contribution in [1.82, 2.24) is 5.32 Å². The van der Waals surface area contributed by atoms with E-state index in [1.165, 1.54) is 16.3 Å². The van der Waals surface area contributed by atoms with Crippen LogP contribution in [0.1, 0.15) is 11.1 Å². The molecule has 3 heteroatoms. The third-order valence-corrected chi connectivity index (χ3v) is 4.23. The van der Waals surface area contributed by atoms with E-state index >= 15 is 0 Å². The molecular weight excluding hydrogens is 296 g/mol. The molecule has 3 nitrogen and oxygen atoms in total. The van der Waals surface area contributed by atoms with E-state index in [4.69, 9.17) is 10.5 Å². The van der Waals surface area contributed by atoms with Crippen molar-refractivity contribution in [3.63, 3.8) is 0 Å². The first-order chi connectivity index (χ1) is 11.8. The zero-order chi connectivity index (χ0) is 16.8. The lowest BCUT2D eigenvalue weighted by molar-refractivity contribution is 0.407. The van der Waals surface area contributed by atoms with E-state index in [0.717, 1.165) is 30.8 Å². The number of nitrogens with two attached hydrogens (primary N) is 1. The summed E-state index contributed by atoms with van der Waals surface area (Å²) in [4.78, 5) is 0. The molecule has 0 saturated heterocycles. The maximum absolute atomic E-state index is 6.29. The standard InChI is InChI=1S/C21H24N2O/c1-24-21-9-5-4-8-19(21)14-23-15-20(22)13-16-10-11-17-6-2-3-7-18(17)12-16/h2-12,20,23H,13-15,22H2,1H3. The summed E-state index contributed by atoms with van der Waals surface area (Å²) in [7, 11) is 1.70. The number of hydrogen-bond donors (Lipinski definition) is 2. The van der Waals surface area contributed by atoms with Crippen LogP contribution in [0.25, 0.3) is 10.8 Å². The van der Waals surface area contributed by atoms with Crippen LogP contribution in [-0.4, -0.2) is 19.7 Å². The Morgan fingerprint density at radius 3 is 2.54 bits per heavy atom. The van der Waals surface area contributed by atoms with Crippen LogP contribution in [0.4, 0.5) is 0 Å². The first kappa shape index (κ1) is 16.5. The largest absolute Gasteiger partial charge is 0.496 e. The van der Waals surface area contributed by atoms with Gasteiger partial charge in [0.2, 0.25) is 0 Å². The predicted octanol–water partition coefficient (Wildman–Crippen LogP) is 3.51. The summed E-state index contributed by atoms with van der Waals surface area (Å²) in [6.45, 7) is 1.53. The summed E-state index contributed by atoms with van der Waals surface area (Å²) < 4.78 is 5.37. The molecule has 0 radical (unpaired) electrons. The molecule has 0 aliphatic heterocycles. The second-order valence-corrected chi connectivity index (χ2v) is 6.09. The van der Waals surface area contributed by atoms with Gasteiger partial charge in [0.25, 0.3) is 0 Å². The number of methoxy groups -OCH3 is 1. The van der Waals surface area contributed by atoms with Gasteiger partial charge >= 0.3 is 0 Å². The quantitative estimate of drug-likeness (QED) is 0.700. The molecule has 0 bridgehead atoms. The van der Waals surface area contributed by atoms with Gasteiger partial charge in [0, 0.05) is 24.7 Å². The Balaban J connectivity index is 1.54. The number of para-hydroxylation sites is 1. The number of nitrogens with one attached hydrogen (secondary N) is 1.